The van der Waals surface area contributed by atoms with Crippen molar-refractivity contribution < 1.29 is 9.90 Å². The Balaban J connectivity index is 2.16. The van der Waals surface area contributed by atoms with Crippen molar-refractivity contribution in [2.75, 3.05) is 0 Å². The molecule has 1 aromatic rings. The minimum atomic E-state index is -0.813. The van der Waals surface area contributed by atoms with E-state index < -0.39 is 5.97 Å². The number of benzene rings is 1. The van der Waals surface area contributed by atoms with Gasteiger partial charge >= 0.3 is 5.97 Å². The molecule has 0 saturated heterocycles. The number of carboxylic acids is 1. The number of hydrogen-bond donors (Lipinski definition) is 2. The summed E-state index contributed by atoms with van der Waals surface area (Å²) in [5, 5.41) is 8.71. The minimum Gasteiger partial charge on any atom is -0.481 e. The highest BCUT2D eigenvalue weighted by molar-refractivity contribution is 5.67. The van der Waals surface area contributed by atoms with Crippen LogP contribution in [0.1, 0.15) is 29.9 Å². The number of hydrogen-bond acceptors (Lipinski definition) is 2. The van der Waals surface area contributed by atoms with Crippen molar-refractivity contribution in [1.29, 1.82) is 0 Å². The van der Waals surface area contributed by atoms with Gasteiger partial charge in [-0.15, -0.1) is 0 Å². The molecule has 3 heteroatoms. The number of carbonyl (C=O) groups is 1. The van der Waals surface area contributed by atoms with Crippen LogP contribution in [0.15, 0.2) is 24.3 Å². The number of fused-ring (bicyclic) bond motifs is 1. The Morgan fingerprint density at radius 2 is 2.27 bits per heavy atom. The largest absolute Gasteiger partial charge is 0.481 e. The lowest BCUT2D eigenvalue weighted by atomic mass is 9.92. The fraction of sp³-hybridized carbons (Fsp3) is 0.417. The van der Waals surface area contributed by atoms with Gasteiger partial charge in [-0.2, -0.15) is 0 Å². The Morgan fingerprint density at radius 3 is 3.00 bits per heavy atom. The predicted octanol–water partition coefficient (Wildman–Crippen LogP) is 1.52. The van der Waals surface area contributed by atoms with Crippen molar-refractivity contribution in [2.24, 2.45) is 5.73 Å². The summed E-state index contributed by atoms with van der Waals surface area (Å²) in [5.41, 5.74) is 8.48. The zero-order valence-electron chi connectivity index (χ0n) is 8.52. The second-order valence-electron chi connectivity index (χ2n) is 4.11. The maximum absolute atomic E-state index is 10.6. The molecule has 1 aromatic carbocycles. The van der Waals surface area contributed by atoms with Gasteiger partial charge in [-0.05, 0) is 24.0 Å². The van der Waals surface area contributed by atoms with Crippen LogP contribution in [0, 0.1) is 0 Å². The van der Waals surface area contributed by atoms with Crippen molar-refractivity contribution in [3.05, 3.63) is 35.4 Å². The van der Waals surface area contributed by atoms with Crippen molar-refractivity contribution in [3.8, 4) is 0 Å². The molecule has 0 spiro atoms. The van der Waals surface area contributed by atoms with Gasteiger partial charge in [0.05, 0.1) is 6.42 Å². The van der Waals surface area contributed by atoms with Crippen LogP contribution in [0.5, 0.6) is 0 Å². The fourth-order valence-corrected chi connectivity index (χ4v) is 2.38. The highest BCUT2D eigenvalue weighted by atomic mass is 16.4. The van der Waals surface area contributed by atoms with Crippen LogP contribution in [0.25, 0.3) is 0 Å². The first-order chi connectivity index (χ1) is 7.18. The monoisotopic (exact) mass is 205 g/mol. The topological polar surface area (TPSA) is 63.3 Å². The molecule has 2 rings (SSSR count). The summed E-state index contributed by atoms with van der Waals surface area (Å²) >= 11 is 0. The van der Waals surface area contributed by atoms with Gasteiger partial charge in [-0.3, -0.25) is 4.79 Å². The first-order valence-corrected chi connectivity index (χ1v) is 5.23. The average Bonchev–Trinajstić information content (AvgIpc) is 2.59. The van der Waals surface area contributed by atoms with Gasteiger partial charge in [0.15, 0.2) is 0 Å². The van der Waals surface area contributed by atoms with Crippen LogP contribution in [-0.4, -0.2) is 17.1 Å². The second-order valence-corrected chi connectivity index (χ2v) is 4.11. The van der Waals surface area contributed by atoms with Crippen LogP contribution in [0.2, 0.25) is 0 Å². The molecule has 0 fully saturated rings. The van der Waals surface area contributed by atoms with Gasteiger partial charge in [0, 0.05) is 12.0 Å². The van der Waals surface area contributed by atoms with E-state index in [0.717, 1.165) is 12.8 Å². The number of nitrogens with two attached hydrogens (primary N) is 1. The highest BCUT2D eigenvalue weighted by Crippen LogP contribution is 2.35. The maximum Gasteiger partial charge on any atom is 0.304 e. The third kappa shape index (κ3) is 2.02. The van der Waals surface area contributed by atoms with E-state index in [0.29, 0.717) is 0 Å². The number of carboxylic acid groups (broad SMARTS) is 1. The van der Waals surface area contributed by atoms with Crippen molar-refractivity contribution in [1.82, 2.24) is 0 Å². The molecular formula is C12H15NO2. The molecule has 2 unspecified atom stereocenters. The molecule has 1 aliphatic carbocycles. The smallest absolute Gasteiger partial charge is 0.304 e. The van der Waals surface area contributed by atoms with Gasteiger partial charge < -0.3 is 10.8 Å². The molecule has 0 aliphatic heterocycles. The lowest BCUT2D eigenvalue weighted by Gasteiger charge is -2.18. The average molecular weight is 205 g/mol. The minimum absolute atomic E-state index is 0.0546. The molecule has 3 N–H and O–H groups in total. The van der Waals surface area contributed by atoms with E-state index in [4.69, 9.17) is 10.8 Å². The van der Waals surface area contributed by atoms with Crippen molar-refractivity contribution >= 4 is 5.97 Å². The standard InChI is InChI=1S/C12H15NO2/c13-11(7-12(14)15)10-6-5-8-3-1-2-4-9(8)10/h1-4,10-11H,5-7,13H2,(H,14,15). The third-order valence-corrected chi connectivity index (χ3v) is 3.11. The molecule has 0 saturated carbocycles. The van der Waals surface area contributed by atoms with E-state index in [2.05, 4.69) is 12.1 Å². The summed E-state index contributed by atoms with van der Waals surface area (Å²) in [7, 11) is 0. The summed E-state index contributed by atoms with van der Waals surface area (Å²) in [5.74, 6) is -0.593. The molecular weight excluding hydrogens is 190 g/mol. The molecule has 3 nitrogen and oxygen atoms in total. The Labute approximate surface area is 88.9 Å². The molecule has 0 aromatic heterocycles. The van der Waals surface area contributed by atoms with E-state index in [1.165, 1.54) is 11.1 Å². The molecule has 0 bridgehead atoms. The van der Waals surface area contributed by atoms with E-state index in [1.54, 1.807) is 0 Å². The summed E-state index contributed by atoms with van der Waals surface area (Å²) in [6, 6.07) is 7.91. The van der Waals surface area contributed by atoms with Crippen molar-refractivity contribution in [2.45, 2.75) is 31.2 Å². The molecule has 2 atom stereocenters. The Morgan fingerprint density at radius 1 is 1.53 bits per heavy atom. The first-order valence-electron chi connectivity index (χ1n) is 5.23. The van der Waals surface area contributed by atoms with E-state index >= 15 is 0 Å². The Hall–Kier alpha value is -1.35. The van der Waals surface area contributed by atoms with Gasteiger partial charge in [0.25, 0.3) is 0 Å². The summed E-state index contributed by atoms with van der Waals surface area (Å²) < 4.78 is 0. The zero-order chi connectivity index (χ0) is 10.8. The lowest BCUT2D eigenvalue weighted by molar-refractivity contribution is -0.137. The van der Waals surface area contributed by atoms with Crippen LogP contribution in [0.3, 0.4) is 0 Å². The van der Waals surface area contributed by atoms with Gasteiger partial charge in [-0.25, -0.2) is 0 Å². The first kappa shape index (κ1) is 10.2. The van der Waals surface area contributed by atoms with Gasteiger partial charge in [0.2, 0.25) is 0 Å². The van der Waals surface area contributed by atoms with E-state index in [9.17, 15) is 4.79 Å². The summed E-state index contributed by atoms with van der Waals surface area (Å²) in [6.45, 7) is 0. The number of rotatable bonds is 3. The van der Waals surface area contributed by atoms with E-state index in [1.807, 2.05) is 12.1 Å². The maximum atomic E-state index is 10.6. The van der Waals surface area contributed by atoms with Gasteiger partial charge in [-0.1, -0.05) is 24.3 Å². The number of aliphatic carboxylic acids is 1. The SMILES string of the molecule is NC(CC(=O)O)C1CCc2ccccc21. The van der Waals surface area contributed by atoms with Crippen LogP contribution in [-0.2, 0) is 11.2 Å². The van der Waals surface area contributed by atoms with Crippen molar-refractivity contribution in [3.63, 3.8) is 0 Å². The molecule has 15 heavy (non-hydrogen) atoms. The third-order valence-electron chi connectivity index (χ3n) is 3.11. The molecule has 1 aliphatic rings. The highest BCUT2D eigenvalue weighted by Gasteiger charge is 2.28. The van der Waals surface area contributed by atoms with E-state index in [-0.39, 0.29) is 18.4 Å². The second kappa shape index (κ2) is 4.03. The van der Waals surface area contributed by atoms with Crippen LogP contribution in [0.4, 0.5) is 0 Å². The normalized spacial score (nSPS) is 21.0. The quantitative estimate of drug-likeness (QED) is 0.786. The molecule has 0 radical (unpaired) electrons. The number of aryl methyl sites for hydroxylation is 1. The van der Waals surface area contributed by atoms with Gasteiger partial charge in [0.1, 0.15) is 0 Å². The molecule has 0 amide bonds. The fourth-order valence-electron chi connectivity index (χ4n) is 2.38. The summed E-state index contributed by atoms with van der Waals surface area (Å²) in [4.78, 5) is 10.6. The lowest BCUT2D eigenvalue weighted by Crippen LogP contribution is -2.29. The predicted molar refractivity (Wildman–Crippen MR) is 57.7 cm³/mol. The Bertz CT molecular complexity index is 376. The Kier molecular flexibility index (Phi) is 2.73. The van der Waals surface area contributed by atoms with Crippen LogP contribution >= 0.6 is 0 Å². The summed E-state index contributed by atoms with van der Waals surface area (Å²) in [6.07, 6.45) is 2.06. The molecule has 80 valence electrons. The molecule has 0 heterocycles. The van der Waals surface area contributed by atoms with Crippen LogP contribution < -0.4 is 5.73 Å². The zero-order valence-corrected chi connectivity index (χ0v) is 8.52.